The van der Waals surface area contributed by atoms with Crippen LogP contribution in [-0.4, -0.2) is 128 Å². The van der Waals surface area contributed by atoms with Crippen LogP contribution in [0.4, 0.5) is 0 Å². The SMILES string of the molecule is CCCC[C@H](NC(C)=O)C(=O)N[C@H]1CSCc2ccccc2CSC(C)(C)[C@@H](C(N)=O)NC(=O)[C@H](Cc2c[nH]c3ccccc23)NC(=O)[C@H](CCCN=C(N)N)NC(=O)[C@@H](Cc2ccccc2)NC(=O)[C@H](Cc2cnc[nH]2)NC1=O. The largest absolute Gasteiger partial charge is 0.370 e. The maximum Gasteiger partial charge on any atom is 0.244 e. The lowest BCUT2D eigenvalue weighted by Gasteiger charge is -2.34. The van der Waals surface area contributed by atoms with Gasteiger partial charge in [-0.25, -0.2) is 4.98 Å². The van der Waals surface area contributed by atoms with E-state index in [1.165, 1.54) is 43.0 Å². The third kappa shape index (κ3) is 18.4. The van der Waals surface area contributed by atoms with Crippen LogP contribution in [0.3, 0.4) is 0 Å². The Kier molecular flexibility index (Phi) is 23.0. The van der Waals surface area contributed by atoms with Crippen molar-refractivity contribution in [1.82, 2.24) is 52.2 Å². The Bertz CT molecular complexity index is 2950. The molecule has 0 saturated carbocycles. The van der Waals surface area contributed by atoms with Crippen LogP contribution in [0.25, 0.3) is 10.9 Å². The maximum atomic E-state index is 14.9. The summed E-state index contributed by atoms with van der Waals surface area (Å²) in [5, 5.41) is 20.6. The molecule has 0 spiro atoms. The van der Waals surface area contributed by atoms with Crippen molar-refractivity contribution in [2.75, 3.05) is 12.3 Å². The van der Waals surface area contributed by atoms with Crippen molar-refractivity contribution < 1.29 is 38.4 Å². The van der Waals surface area contributed by atoms with E-state index in [-0.39, 0.29) is 50.4 Å². The first-order valence-electron chi connectivity index (χ1n) is 26.6. The van der Waals surface area contributed by atoms with E-state index >= 15 is 0 Å². The van der Waals surface area contributed by atoms with Crippen LogP contribution in [0.5, 0.6) is 0 Å². The van der Waals surface area contributed by atoms with Crippen molar-refractivity contribution >= 4 is 87.6 Å². The number of primary amides is 1. The maximum absolute atomic E-state index is 14.9. The quantitative estimate of drug-likeness (QED) is 0.0361. The van der Waals surface area contributed by atoms with E-state index in [0.717, 1.165) is 28.5 Å². The van der Waals surface area contributed by atoms with Crippen LogP contribution in [0.15, 0.2) is 103 Å². The molecule has 80 heavy (non-hydrogen) atoms. The molecule has 0 aliphatic carbocycles. The number of benzene rings is 3. The number of nitrogens with one attached hydrogen (secondary N) is 9. The number of para-hydroxylation sites is 1. The number of rotatable bonds is 17. The lowest BCUT2D eigenvalue weighted by molar-refractivity contribution is -0.135. The standard InChI is InChI=1S/C56H74N14O8S2/c1-5-6-20-41(64-33(2)71)49(73)69-46-31-79-29-35-17-10-11-18-36(35)30-80-56(3,4)47(48(57)72)70-53(77)44(25-37-27-62-40-21-13-12-19-39(37)40)67-50(74)42(22-14-23-61-55(58)59)65-51(75)43(24-34-15-8-7-9-16-34)66-52(76)45(68-54(46)78)26-38-28-60-32-63-38/h7-13,15-19,21,27-28,32,41-47,62H,5-6,14,20,22-26,29-31H2,1-4H3,(H2,57,72)(H,60,63)(H,64,71)(H,65,75)(H,66,76)(H,67,74)(H,68,78)(H,69,73)(H,70,77)(H4,58,59,61)/t41-,42-,43+,44-,45-,46-,47+/m0/s1. The van der Waals surface area contributed by atoms with Crippen molar-refractivity contribution in [3.63, 3.8) is 0 Å². The van der Waals surface area contributed by atoms with E-state index in [4.69, 9.17) is 17.2 Å². The van der Waals surface area contributed by atoms with Crippen molar-refractivity contribution in [3.05, 3.63) is 126 Å². The Morgan fingerprint density at radius 2 is 1.35 bits per heavy atom. The molecule has 0 unspecified atom stereocenters. The topological polar surface area (TPSA) is 356 Å². The number of amides is 8. The second-order valence-electron chi connectivity index (χ2n) is 20.2. The number of H-pyrrole nitrogens is 2. The summed E-state index contributed by atoms with van der Waals surface area (Å²) in [7, 11) is 0. The summed E-state index contributed by atoms with van der Waals surface area (Å²) in [5.74, 6) is -5.05. The molecular formula is C56H74N14O8S2. The minimum atomic E-state index is -1.37. The number of unbranched alkanes of at least 4 members (excludes halogenated alkanes) is 1. The summed E-state index contributed by atoms with van der Waals surface area (Å²) >= 11 is 2.72. The van der Waals surface area contributed by atoms with Gasteiger partial charge in [-0.05, 0) is 61.4 Å². The van der Waals surface area contributed by atoms with Gasteiger partial charge in [0.25, 0.3) is 0 Å². The zero-order chi connectivity index (χ0) is 57.8. The number of nitrogens with two attached hydrogens (primary N) is 3. The smallest absolute Gasteiger partial charge is 0.244 e. The van der Waals surface area contributed by atoms with Crippen LogP contribution in [0.2, 0.25) is 0 Å². The van der Waals surface area contributed by atoms with E-state index < -0.39 is 94.3 Å². The van der Waals surface area contributed by atoms with Gasteiger partial charge in [-0.15, -0.1) is 11.8 Å². The number of aromatic amines is 2. The first-order chi connectivity index (χ1) is 38.3. The van der Waals surface area contributed by atoms with Gasteiger partial charge < -0.3 is 64.4 Å². The highest BCUT2D eigenvalue weighted by Gasteiger charge is 2.39. The minimum absolute atomic E-state index is 0.0185. The van der Waals surface area contributed by atoms with Gasteiger partial charge in [0, 0.05) is 83.7 Å². The lowest BCUT2D eigenvalue weighted by atomic mass is 9.99. The highest BCUT2D eigenvalue weighted by atomic mass is 32.2. The van der Waals surface area contributed by atoms with Crippen molar-refractivity contribution in [1.29, 1.82) is 0 Å². The number of guanidine groups is 1. The first kappa shape index (κ1) is 61.4. The monoisotopic (exact) mass is 1130 g/mol. The number of carbonyl (C=O) groups is 8. The molecule has 0 radical (unpaired) electrons. The Morgan fingerprint density at radius 3 is 2.01 bits per heavy atom. The summed E-state index contributed by atoms with van der Waals surface area (Å²) in [6.45, 7) is 6.90. The van der Waals surface area contributed by atoms with Gasteiger partial charge in [-0.1, -0.05) is 92.6 Å². The summed E-state index contributed by atoms with van der Waals surface area (Å²) < 4.78 is -1.03. The number of hydrogen-bond acceptors (Lipinski definition) is 12. The molecule has 6 rings (SSSR count). The molecule has 428 valence electrons. The van der Waals surface area contributed by atoms with Crippen molar-refractivity contribution in [2.24, 2.45) is 22.2 Å². The predicted octanol–water partition coefficient (Wildman–Crippen LogP) is 2.02. The van der Waals surface area contributed by atoms with Crippen LogP contribution in [-0.2, 0) is 69.1 Å². The van der Waals surface area contributed by atoms with Gasteiger partial charge in [0.05, 0.1) is 6.33 Å². The molecule has 22 nitrogen and oxygen atoms in total. The number of aliphatic imine (C=N–C) groups is 1. The van der Waals surface area contributed by atoms with Gasteiger partial charge >= 0.3 is 0 Å². The van der Waals surface area contributed by atoms with Crippen molar-refractivity contribution in [3.8, 4) is 0 Å². The number of aromatic nitrogens is 3. The molecule has 5 aromatic rings. The number of nitrogens with zero attached hydrogens (tertiary/aromatic N) is 2. The summed E-state index contributed by atoms with van der Waals surface area (Å²) in [5.41, 5.74) is 21.7. The highest BCUT2D eigenvalue weighted by Crippen LogP contribution is 2.33. The van der Waals surface area contributed by atoms with Crippen LogP contribution in [0.1, 0.15) is 87.7 Å². The number of thioether (sulfide) groups is 2. The lowest BCUT2D eigenvalue weighted by Crippen LogP contribution is -2.62. The molecule has 0 bridgehead atoms. The molecule has 1 aliphatic rings. The molecule has 3 heterocycles. The van der Waals surface area contributed by atoms with Gasteiger partial charge in [-0.2, -0.15) is 11.8 Å². The molecule has 7 atom stereocenters. The Balaban J connectivity index is 1.43. The van der Waals surface area contributed by atoms with E-state index in [0.29, 0.717) is 41.2 Å². The molecule has 24 heteroatoms. The van der Waals surface area contributed by atoms with E-state index in [2.05, 4.69) is 57.2 Å². The third-order valence-corrected chi connectivity index (χ3v) is 16.1. The fourth-order valence-corrected chi connectivity index (χ4v) is 11.4. The molecule has 1 aliphatic heterocycles. The van der Waals surface area contributed by atoms with Gasteiger partial charge in [0.1, 0.15) is 42.3 Å². The summed E-state index contributed by atoms with van der Waals surface area (Å²) in [6.07, 6.45) is 6.21. The van der Waals surface area contributed by atoms with E-state index in [9.17, 15) is 38.4 Å². The molecule has 0 saturated heterocycles. The van der Waals surface area contributed by atoms with E-state index in [1.54, 1.807) is 50.4 Å². The van der Waals surface area contributed by atoms with Crippen LogP contribution < -0.4 is 54.4 Å². The van der Waals surface area contributed by atoms with Gasteiger partial charge in [-0.3, -0.25) is 43.3 Å². The minimum Gasteiger partial charge on any atom is -0.370 e. The zero-order valence-electron chi connectivity index (χ0n) is 45.5. The second-order valence-corrected chi connectivity index (χ2v) is 22.9. The Labute approximate surface area is 473 Å². The van der Waals surface area contributed by atoms with Gasteiger partial charge in [0.15, 0.2) is 5.96 Å². The average molecular weight is 1140 g/mol. The fraction of sp³-hybridized carbons (Fsp3) is 0.429. The molecule has 0 fully saturated rings. The first-order valence-corrected chi connectivity index (χ1v) is 28.7. The number of fused-ring (bicyclic) bond motifs is 2. The molecule has 15 N–H and O–H groups in total. The summed E-state index contributed by atoms with van der Waals surface area (Å²) in [4.78, 5) is 128. The molecule has 2 aromatic heterocycles. The van der Waals surface area contributed by atoms with Crippen molar-refractivity contribution in [2.45, 2.75) is 138 Å². The molecule has 8 amide bonds. The number of imidazole rings is 1. The van der Waals surface area contributed by atoms with Crippen LogP contribution >= 0.6 is 23.5 Å². The normalized spacial score (nSPS) is 21.2. The summed E-state index contributed by atoms with van der Waals surface area (Å²) in [6, 6.07) is 15.0. The number of carbonyl (C=O) groups excluding carboxylic acids is 8. The highest BCUT2D eigenvalue weighted by molar-refractivity contribution is 8.00. The van der Waals surface area contributed by atoms with Crippen LogP contribution in [0, 0.1) is 0 Å². The Hall–Kier alpha value is -7.86. The third-order valence-electron chi connectivity index (χ3n) is 13.5. The fourth-order valence-electron chi connectivity index (χ4n) is 9.16. The molecule has 3 aromatic carbocycles. The van der Waals surface area contributed by atoms with Gasteiger partial charge in [0.2, 0.25) is 47.3 Å². The Morgan fingerprint density at radius 1 is 0.738 bits per heavy atom. The number of hydrogen-bond donors (Lipinski definition) is 12. The second kappa shape index (κ2) is 29.9. The predicted molar refractivity (Wildman–Crippen MR) is 310 cm³/mol. The zero-order valence-corrected chi connectivity index (χ0v) is 47.1. The molecular weight excluding hydrogens is 1060 g/mol. The van der Waals surface area contributed by atoms with E-state index in [1.807, 2.05) is 55.5 Å². The average Bonchev–Trinajstić information content (AvgIpc) is 4.11.